The van der Waals surface area contributed by atoms with Crippen LogP contribution in [0, 0.1) is 0 Å². The second-order valence-corrected chi connectivity index (χ2v) is 7.47. The molecule has 0 saturated carbocycles. The molecule has 0 bridgehead atoms. The number of anilines is 2. The Morgan fingerprint density at radius 3 is 1.97 bits per heavy atom. The van der Waals surface area contributed by atoms with Gasteiger partial charge in [0.1, 0.15) is 11.6 Å². The molecule has 0 aliphatic rings. The number of carbonyl (C=O) groups is 2. The highest BCUT2D eigenvalue weighted by atomic mass is 16.2. The molecule has 4 N–H and O–H groups in total. The number of carbonyl (C=O) groups excluding carboxylic acids is 2. The van der Waals surface area contributed by atoms with Gasteiger partial charge in [-0.15, -0.1) is 0 Å². The number of aryl methyl sites for hydroxylation is 1. The van der Waals surface area contributed by atoms with Crippen molar-refractivity contribution >= 4 is 23.5 Å². The van der Waals surface area contributed by atoms with Crippen LogP contribution in [0.1, 0.15) is 29.8 Å². The molecule has 0 fully saturated rings. The molecule has 1 heterocycles. The van der Waals surface area contributed by atoms with Crippen molar-refractivity contribution in [1.29, 1.82) is 0 Å². The number of hydrogen-bond donors (Lipinski definition) is 4. The molecule has 0 atom stereocenters. The van der Waals surface area contributed by atoms with Gasteiger partial charge in [-0.25, -0.2) is 9.97 Å². The Labute approximate surface area is 194 Å². The molecule has 33 heavy (non-hydrogen) atoms. The molecule has 8 nitrogen and oxygen atoms in total. The van der Waals surface area contributed by atoms with Gasteiger partial charge in [0, 0.05) is 50.3 Å². The van der Waals surface area contributed by atoms with Gasteiger partial charge < -0.3 is 21.3 Å². The molecular formula is C25H30N6O2. The number of amides is 2. The molecule has 0 saturated heterocycles. The van der Waals surface area contributed by atoms with Crippen molar-refractivity contribution in [3.8, 4) is 11.4 Å². The molecule has 0 aliphatic carbocycles. The lowest BCUT2D eigenvalue weighted by atomic mass is 10.1. The Morgan fingerprint density at radius 2 is 1.39 bits per heavy atom. The van der Waals surface area contributed by atoms with Crippen LogP contribution in [0.15, 0.2) is 60.7 Å². The third-order valence-electron chi connectivity index (χ3n) is 4.90. The lowest BCUT2D eigenvalue weighted by molar-refractivity contribution is -0.118. The maximum atomic E-state index is 12.3. The van der Waals surface area contributed by atoms with Crippen LogP contribution in [-0.4, -0.2) is 48.0 Å². The lowest BCUT2D eigenvalue weighted by Crippen LogP contribution is -2.29. The van der Waals surface area contributed by atoms with E-state index in [1.54, 1.807) is 0 Å². The van der Waals surface area contributed by atoms with Gasteiger partial charge in [0.15, 0.2) is 5.82 Å². The summed E-state index contributed by atoms with van der Waals surface area (Å²) in [4.78, 5) is 32.6. The van der Waals surface area contributed by atoms with Gasteiger partial charge in [-0.1, -0.05) is 49.4 Å². The van der Waals surface area contributed by atoms with Crippen LogP contribution in [-0.2, 0) is 11.2 Å². The van der Waals surface area contributed by atoms with E-state index in [1.165, 1.54) is 12.5 Å². The molecule has 8 heteroatoms. The van der Waals surface area contributed by atoms with Gasteiger partial charge in [0.2, 0.25) is 5.91 Å². The maximum Gasteiger partial charge on any atom is 0.251 e. The summed E-state index contributed by atoms with van der Waals surface area (Å²) in [6.07, 6.45) is 0.944. The van der Waals surface area contributed by atoms with E-state index in [4.69, 9.17) is 0 Å². The minimum Gasteiger partial charge on any atom is -0.368 e. The van der Waals surface area contributed by atoms with Crippen molar-refractivity contribution in [2.24, 2.45) is 0 Å². The van der Waals surface area contributed by atoms with Gasteiger partial charge >= 0.3 is 0 Å². The van der Waals surface area contributed by atoms with Crippen LogP contribution < -0.4 is 21.3 Å². The van der Waals surface area contributed by atoms with Crippen molar-refractivity contribution < 1.29 is 9.59 Å². The van der Waals surface area contributed by atoms with E-state index in [1.807, 2.05) is 60.7 Å². The zero-order valence-electron chi connectivity index (χ0n) is 19.0. The molecule has 0 unspecified atom stereocenters. The predicted molar refractivity (Wildman–Crippen MR) is 131 cm³/mol. The standard InChI is InChI=1S/C25H30N6O2/c1-3-19-9-11-21(12-10-19)25(33)29-16-15-28-23-17-22(27-14-13-26-18(2)32)30-24(31-23)20-7-5-4-6-8-20/h4-12,17H,3,13-16H2,1-2H3,(H,26,32)(H,29,33)(H2,27,28,30,31). The molecule has 1 aromatic heterocycles. The second kappa shape index (κ2) is 12.2. The number of hydrogen-bond acceptors (Lipinski definition) is 6. The monoisotopic (exact) mass is 446 g/mol. The van der Waals surface area contributed by atoms with Gasteiger partial charge in [0.05, 0.1) is 0 Å². The van der Waals surface area contributed by atoms with Gasteiger partial charge in [-0.3, -0.25) is 9.59 Å². The quantitative estimate of drug-likeness (QED) is 0.337. The lowest BCUT2D eigenvalue weighted by Gasteiger charge is -2.12. The normalized spacial score (nSPS) is 10.4. The summed E-state index contributed by atoms with van der Waals surface area (Å²) in [5, 5.41) is 12.1. The largest absolute Gasteiger partial charge is 0.368 e. The van der Waals surface area contributed by atoms with E-state index in [0.29, 0.717) is 49.2 Å². The molecule has 2 amide bonds. The summed E-state index contributed by atoms with van der Waals surface area (Å²) in [5.74, 6) is 1.70. The molecular weight excluding hydrogens is 416 g/mol. The van der Waals surface area contributed by atoms with Gasteiger partial charge in [-0.05, 0) is 24.1 Å². The minimum atomic E-state index is -0.104. The molecule has 2 aromatic carbocycles. The van der Waals surface area contributed by atoms with Gasteiger partial charge in [0.25, 0.3) is 5.91 Å². The molecule has 3 aromatic rings. The molecule has 0 radical (unpaired) electrons. The van der Waals surface area contributed by atoms with Crippen LogP contribution in [0.3, 0.4) is 0 Å². The first-order valence-corrected chi connectivity index (χ1v) is 11.1. The molecule has 0 aliphatic heterocycles. The number of rotatable bonds is 11. The Hall–Kier alpha value is -3.94. The zero-order chi connectivity index (χ0) is 23.5. The summed E-state index contributed by atoms with van der Waals surface area (Å²) in [6.45, 7) is 5.56. The Balaban J connectivity index is 1.59. The number of nitrogens with one attached hydrogen (secondary N) is 4. The fraction of sp³-hybridized carbons (Fsp3) is 0.280. The van der Waals surface area contributed by atoms with Crippen molar-refractivity contribution in [2.75, 3.05) is 36.8 Å². The first-order valence-electron chi connectivity index (χ1n) is 11.1. The summed E-state index contributed by atoms with van der Waals surface area (Å²) in [6, 6.07) is 19.2. The van der Waals surface area contributed by atoms with Crippen molar-refractivity contribution in [3.63, 3.8) is 0 Å². The van der Waals surface area contributed by atoms with Crippen LogP contribution in [0.2, 0.25) is 0 Å². The van der Waals surface area contributed by atoms with E-state index in [0.717, 1.165) is 12.0 Å². The summed E-state index contributed by atoms with van der Waals surface area (Å²) < 4.78 is 0. The average Bonchev–Trinajstić information content (AvgIpc) is 2.85. The van der Waals surface area contributed by atoms with E-state index >= 15 is 0 Å². The molecule has 172 valence electrons. The highest BCUT2D eigenvalue weighted by molar-refractivity contribution is 5.94. The average molecular weight is 447 g/mol. The summed E-state index contributed by atoms with van der Waals surface area (Å²) >= 11 is 0. The van der Waals surface area contributed by atoms with Crippen molar-refractivity contribution in [1.82, 2.24) is 20.6 Å². The number of aromatic nitrogens is 2. The first-order chi connectivity index (χ1) is 16.0. The van der Waals surface area contributed by atoms with Crippen LogP contribution in [0.25, 0.3) is 11.4 Å². The van der Waals surface area contributed by atoms with E-state index < -0.39 is 0 Å². The predicted octanol–water partition coefficient (Wildman–Crippen LogP) is 3.10. The second-order valence-electron chi connectivity index (χ2n) is 7.47. The van der Waals surface area contributed by atoms with Crippen LogP contribution in [0.4, 0.5) is 11.6 Å². The van der Waals surface area contributed by atoms with E-state index in [-0.39, 0.29) is 11.8 Å². The van der Waals surface area contributed by atoms with Crippen LogP contribution in [0.5, 0.6) is 0 Å². The fourth-order valence-electron chi connectivity index (χ4n) is 3.13. The molecule has 3 rings (SSSR count). The first kappa shape index (κ1) is 23.7. The number of benzene rings is 2. The van der Waals surface area contributed by atoms with Gasteiger partial charge in [-0.2, -0.15) is 0 Å². The van der Waals surface area contributed by atoms with Crippen molar-refractivity contribution in [2.45, 2.75) is 20.3 Å². The fourth-order valence-corrected chi connectivity index (χ4v) is 3.13. The summed E-state index contributed by atoms with van der Waals surface area (Å²) in [7, 11) is 0. The number of nitrogens with zero attached hydrogens (tertiary/aromatic N) is 2. The Morgan fingerprint density at radius 1 is 0.788 bits per heavy atom. The Bertz CT molecular complexity index is 1050. The third kappa shape index (κ3) is 7.60. The third-order valence-corrected chi connectivity index (χ3v) is 4.90. The minimum absolute atomic E-state index is 0.0739. The molecule has 0 spiro atoms. The van der Waals surface area contributed by atoms with E-state index in [9.17, 15) is 9.59 Å². The van der Waals surface area contributed by atoms with Crippen molar-refractivity contribution in [3.05, 3.63) is 71.8 Å². The van der Waals surface area contributed by atoms with E-state index in [2.05, 4.69) is 38.2 Å². The topological polar surface area (TPSA) is 108 Å². The highest BCUT2D eigenvalue weighted by Crippen LogP contribution is 2.20. The maximum absolute atomic E-state index is 12.3. The highest BCUT2D eigenvalue weighted by Gasteiger charge is 2.08. The zero-order valence-corrected chi connectivity index (χ0v) is 19.0. The SMILES string of the molecule is CCc1ccc(C(=O)NCCNc2cc(NCCNC(C)=O)nc(-c3ccccc3)n2)cc1. The smallest absolute Gasteiger partial charge is 0.251 e. The Kier molecular flexibility index (Phi) is 8.76. The van der Waals surface area contributed by atoms with Crippen LogP contribution >= 0.6 is 0 Å². The summed E-state index contributed by atoms with van der Waals surface area (Å²) in [5.41, 5.74) is 2.74.